The van der Waals surface area contributed by atoms with Crippen LogP contribution < -0.4 is 10.2 Å². The molecule has 1 atom stereocenters. The Labute approximate surface area is 107 Å². The van der Waals surface area contributed by atoms with E-state index in [1.165, 1.54) is 5.56 Å². The molecular formula is C13H19ClN2O. The van der Waals surface area contributed by atoms with Crippen molar-refractivity contribution in [1.82, 2.24) is 5.32 Å². The minimum Gasteiger partial charge on any atom is -0.391 e. The largest absolute Gasteiger partial charge is 0.391 e. The van der Waals surface area contributed by atoms with Crippen LogP contribution in [-0.4, -0.2) is 30.8 Å². The summed E-state index contributed by atoms with van der Waals surface area (Å²) < 4.78 is 0. The molecule has 1 aliphatic heterocycles. The van der Waals surface area contributed by atoms with Gasteiger partial charge in [0.05, 0.1) is 16.8 Å². The molecule has 17 heavy (non-hydrogen) atoms. The van der Waals surface area contributed by atoms with Gasteiger partial charge in [0.1, 0.15) is 0 Å². The number of aliphatic hydroxyl groups excluding tert-OH is 1. The Morgan fingerprint density at radius 2 is 2.35 bits per heavy atom. The summed E-state index contributed by atoms with van der Waals surface area (Å²) in [4.78, 5) is 2.14. The summed E-state index contributed by atoms with van der Waals surface area (Å²) >= 11 is 6.29. The zero-order valence-corrected chi connectivity index (χ0v) is 10.9. The van der Waals surface area contributed by atoms with Crippen molar-refractivity contribution in [1.29, 1.82) is 0 Å². The van der Waals surface area contributed by atoms with E-state index < -0.39 is 0 Å². The molecule has 1 aliphatic rings. The molecule has 3 nitrogen and oxygen atoms in total. The Morgan fingerprint density at radius 3 is 2.94 bits per heavy atom. The number of nitrogens with zero attached hydrogens (tertiary/aromatic N) is 1. The molecule has 1 saturated heterocycles. The first-order valence-electron chi connectivity index (χ1n) is 6.13. The molecule has 0 aromatic heterocycles. The van der Waals surface area contributed by atoms with Crippen molar-refractivity contribution in [2.24, 2.45) is 0 Å². The van der Waals surface area contributed by atoms with Gasteiger partial charge in [0, 0.05) is 19.6 Å². The Bertz CT molecular complexity index is 384. The van der Waals surface area contributed by atoms with Crippen LogP contribution in [0.25, 0.3) is 0 Å². The van der Waals surface area contributed by atoms with Crippen molar-refractivity contribution in [3.05, 3.63) is 28.8 Å². The number of halogens is 1. The number of hydrogen-bond acceptors (Lipinski definition) is 3. The van der Waals surface area contributed by atoms with Crippen molar-refractivity contribution in [3.63, 3.8) is 0 Å². The first kappa shape index (κ1) is 12.7. The molecule has 0 amide bonds. The van der Waals surface area contributed by atoms with Gasteiger partial charge >= 0.3 is 0 Å². The summed E-state index contributed by atoms with van der Waals surface area (Å²) in [6.07, 6.45) is 0.614. The molecular weight excluding hydrogens is 236 g/mol. The van der Waals surface area contributed by atoms with E-state index in [0.717, 1.165) is 36.8 Å². The second-order valence-electron chi connectivity index (χ2n) is 4.45. The van der Waals surface area contributed by atoms with Crippen molar-refractivity contribution in [3.8, 4) is 0 Å². The van der Waals surface area contributed by atoms with Gasteiger partial charge in [-0.1, -0.05) is 24.6 Å². The molecule has 94 valence electrons. The molecule has 2 rings (SSSR count). The highest BCUT2D eigenvalue weighted by molar-refractivity contribution is 6.33. The highest BCUT2D eigenvalue weighted by Crippen LogP contribution is 2.29. The van der Waals surface area contributed by atoms with Gasteiger partial charge in [-0.25, -0.2) is 0 Å². The number of anilines is 1. The molecule has 0 aliphatic carbocycles. The van der Waals surface area contributed by atoms with E-state index in [2.05, 4.69) is 23.2 Å². The fourth-order valence-corrected chi connectivity index (χ4v) is 2.47. The summed E-state index contributed by atoms with van der Waals surface area (Å²) in [7, 11) is 0. The lowest BCUT2D eigenvalue weighted by molar-refractivity contribution is 0.198. The first-order valence-corrected chi connectivity index (χ1v) is 6.50. The molecule has 1 aromatic carbocycles. The number of nitrogens with one attached hydrogen (secondary N) is 1. The maximum Gasteiger partial charge on any atom is 0.0731 e. The highest BCUT2D eigenvalue weighted by Gasteiger charge is 2.21. The molecule has 1 heterocycles. The Hall–Kier alpha value is -0.770. The normalized spacial score (nSPS) is 19.9. The number of hydrogen-bond donors (Lipinski definition) is 2. The minimum atomic E-state index is -0.215. The van der Waals surface area contributed by atoms with Crippen molar-refractivity contribution >= 4 is 17.3 Å². The van der Waals surface area contributed by atoms with E-state index in [4.69, 9.17) is 11.6 Å². The van der Waals surface area contributed by atoms with Crippen molar-refractivity contribution in [2.75, 3.05) is 24.5 Å². The lowest BCUT2D eigenvalue weighted by Crippen LogP contribution is -2.21. The molecule has 0 spiro atoms. The maximum atomic E-state index is 9.53. The van der Waals surface area contributed by atoms with E-state index in [1.54, 1.807) is 0 Å². The average molecular weight is 255 g/mol. The van der Waals surface area contributed by atoms with Gasteiger partial charge in [0.2, 0.25) is 0 Å². The predicted molar refractivity (Wildman–Crippen MR) is 71.7 cm³/mol. The third-order valence-corrected chi connectivity index (χ3v) is 3.40. The number of benzene rings is 1. The zero-order valence-electron chi connectivity index (χ0n) is 10.1. The van der Waals surface area contributed by atoms with Crippen LogP contribution in [0.5, 0.6) is 0 Å². The second kappa shape index (κ2) is 5.71. The van der Waals surface area contributed by atoms with Crippen LogP contribution in [0.2, 0.25) is 5.02 Å². The van der Waals surface area contributed by atoms with E-state index in [9.17, 15) is 5.11 Å². The average Bonchev–Trinajstić information content (AvgIpc) is 2.73. The summed E-state index contributed by atoms with van der Waals surface area (Å²) in [5.41, 5.74) is 2.23. The molecule has 1 aromatic rings. The minimum absolute atomic E-state index is 0.215. The molecule has 2 N–H and O–H groups in total. The topological polar surface area (TPSA) is 35.5 Å². The summed E-state index contributed by atoms with van der Waals surface area (Å²) in [6.45, 7) is 5.46. The smallest absolute Gasteiger partial charge is 0.0731 e. The third-order valence-electron chi connectivity index (χ3n) is 3.10. The lowest BCUT2D eigenvalue weighted by atomic mass is 10.2. The maximum absolute atomic E-state index is 9.53. The summed E-state index contributed by atoms with van der Waals surface area (Å²) in [5.74, 6) is 0. The lowest BCUT2D eigenvalue weighted by Gasteiger charge is -2.19. The van der Waals surface area contributed by atoms with Gasteiger partial charge in [-0.2, -0.15) is 0 Å². The van der Waals surface area contributed by atoms with Crippen LogP contribution in [0.4, 0.5) is 5.69 Å². The van der Waals surface area contributed by atoms with Crippen LogP contribution in [0.15, 0.2) is 18.2 Å². The van der Waals surface area contributed by atoms with Gasteiger partial charge < -0.3 is 15.3 Å². The summed E-state index contributed by atoms with van der Waals surface area (Å²) in [6, 6.07) is 6.14. The Morgan fingerprint density at radius 1 is 1.53 bits per heavy atom. The quantitative estimate of drug-likeness (QED) is 0.863. The number of β-amino-alcohol motifs (C(OH)–C–C–N with tert-alkyl or cyclic N) is 1. The molecule has 0 saturated carbocycles. The number of rotatable bonds is 4. The molecule has 1 fully saturated rings. The predicted octanol–water partition coefficient (Wildman–Crippen LogP) is 2.02. The van der Waals surface area contributed by atoms with E-state index in [0.29, 0.717) is 6.54 Å². The van der Waals surface area contributed by atoms with E-state index >= 15 is 0 Å². The van der Waals surface area contributed by atoms with Crippen LogP contribution in [-0.2, 0) is 6.54 Å². The fraction of sp³-hybridized carbons (Fsp3) is 0.538. The standard InChI is InChI=1S/C13H19ClN2O/c1-2-15-8-10-3-4-13(12(14)7-10)16-6-5-11(17)9-16/h3-4,7,11,15,17H,2,5-6,8-9H2,1H3. The van der Waals surface area contributed by atoms with E-state index in [1.807, 2.05) is 12.1 Å². The van der Waals surface area contributed by atoms with Gasteiger partial charge in [-0.15, -0.1) is 0 Å². The van der Waals surface area contributed by atoms with Crippen LogP contribution in [0, 0.1) is 0 Å². The van der Waals surface area contributed by atoms with Gasteiger partial charge in [0.25, 0.3) is 0 Å². The van der Waals surface area contributed by atoms with E-state index in [-0.39, 0.29) is 6.10 Å². The SMILES string of the molecule is CCNCc1ccc(N2CCC(O)C2)c(Cl)c1. The fourth-order valence-electron chi connectivity index (χ4n) is 2.15. The molecule has 0 radical (unpaired) electrons. The zero-order chi connectivity index (χ0) is 12.3. The van der Waals surface area contributed by atoms with Crippen LogP contribution in [0.3, 0.4) is 0 Å². The van der Waals surface area contributed by atoms with Gasteiger partial charge in [-0.05, 0) is 30.7 Å². The highest BCUT2D eigenvalue weighted by atomic mass is 35.5. The van der Waals surface area contributed by atoms with Gasteiger partial charge in [0.15, 0.2) is 0 Å². The third kappa shape index (κ3) is 3.12. The van der Waals surface area contributed by atoms with Gasteiger partial charge in [-0.3, -0.25) is 0 Å². The summed E-state index contributed by atoms with van der Waals surface area (Å²) in [5, 5.41) is 13.6. The van der Waals surface area contributed by atoms with Crippen molar-refractivity contribution in [2.45, 2.75) is 26.0 Å². The van der Waals surface area contributed by atoms with Crippen molar-refractivity contribution < 1.29 is 5.11 Å². The Kier molecular flexibility index (Phi) is 4.26. The molecule has 0 bridgehead atoms. The van der Waals surface area contributed by atoms with Crippen LogP contribution in [0.1, 0.15) is 18.9 Å². The Balaban J connectivity index is 2.08. The monoisotopic (exact) mass is 254 g/mol. The number of aliphatic hydroxyl groups is 1. The molecule has 4 heteroatoms. The first-order chi connectivity index (χ1) is 8.20. The molecule has 1 unspecified atom stereocenters. The second-order valence-corrected chi connectivity index (χ2v) is 4.86. The van der Waals surface area contributed by atoms with Crippen LogP contribution >= 0.6 is 11.6 Å².